The molecular weight excluding hydrogens is 289 g/mol. The van der Waals surface area contributed by atoms with Crippen LogP contribution >= 0.6 is 0 Å². The second-order valence-corrected chi connectivity index (χ2v) is 5.18. The number of hydrogen-bond donors (Lipinski definition) is 1. The second kappa shape index (κ2) is 5.83. The van der Waals surface area contributed by atoms with Gasteiger partial charge in [0.2, 0.25) is 0 Å². The molecule has 0 amide bonds. The molecule has 0 aromatic heterocycles. The van der Waals surface area contributed by atoms with Gasteiger partial charge in [0.05, 0.1) is 26.2 Å². The van der Waals surface area contributed by atoms with Gasteiger partial charge in [-0.15, -0.1) is 0 Å². The molecule has 0 radical (unpaired) electrons. The van der Waals surface area contributed by atoms with Gasteiger partial charge in [-0.3, -0.25) is 4.79 Å². The average Bonchev–Trinajstić information content (AvgIpc) is 2.34. The van der Waals surface area contributed by atoms with Crippen molar-refractivity contribution in [3.63, 3.8) is 0 Å². The molecular formula is C14H17F3O4. The molecule has 1 N–H and O–H groups in total. The minimum Gasteiger partial charge on any atom is -0.493 e. The zero-order chi connectivity index (χ0) is 16.4. The summed E-state index contributed by atoms with van der Waals surface area (Å²) in [6.07, 6.45) is -5.09. The van der Waals surface area contributed by atoms with Crippen molar-refractivity contribution in [3.8, 4) is 11.5 Å². The Balaban J connectivity index is 3.68. The molecule has 0 spiro atoms. The minimum atomic E-state index is -4.62. The summed E-state index contributed by atoms with van der Waals surface area (Å²) in [4.78, 5) is 11.0. The number of halogens is 3. The molecule has 0 saturated heterocycles. The van der Waals surface area contributed by atoms with Gasteiger partial charge < -0.3 is 14.6 Å². The standard InChI is InChI=1S/C14H17F3O4/c1-13(2,7-10(18)19)11-8(14(15,16)17)5-6-9(20-3)12(11)21-4/h5-6H,7H2,1-4H3,(H,18,19). The third-order valence-electron chi connectivity index (χ3n) is 3.12. The molecule has 1 rings (SSSR count). The summed E-state index contributed by atoms with van der Waals surface area (Å²) in [6, 6.07) is 2.03. The highest BCUT2D eigenvalue weighted by Gasteiger charge is 2.41. The quantitative estimate of drug-likeness (QED) is 0.905. The topological polar surface area (TPSA) is 55.8 Å². The highest BCUT2D eigenvalue weighted by atomic mass is 19.4. The molecule has 0 unspecified atom stereocenters. The molecule has 0 atom stereocenters. The van der Waals surface area contributed by atoms with Crippen LogP contribution in [-0.2, 0) is 16.4 Å². The predicted molar refractivity (Wildman–Crippen MR) is 69.8 cm³/mol. The Hall–Kier alpha value is -1.92. The van der Waals surface area contributed by atoms with E-state index in [1.165, 1.54) is 28.1 Å². The van der Waals surface area contributed by atoms with Crippen LogP contribution in [-0.4, -0.2) is 25.3 Å². The fourth-order valence-electron chi connectivity index (χ4n) is 2.30. The van der Waals surface area contributed by atoms with Gasteiger partial charge in [-0.25, -0.2) is 0 Å². The largest absolute Gasteiger partial charge is 0.493 e. The van der Waals surface area contributed by atoms with Crippen LogP contribution in [0.15, 0.2) is 12.1 Å². The summed E-state index contributed by atoms with van der Waals surface area (Å²) in [5.74, 6) is -1.17. The summed E-state index contributed by atoms with van der Waals surface area (Å²) < 4.78 is 49.7. The Morgan fingerprint density at radius 3 is 2.14 bits per heavy atom. The van der Waals surface area contributed by atoms with Crippen molar-refractivity contribution in [3.05, 3.63) is 23.3 Å². The number of alkyl halides is 3. The molecule has 118 valence electrons. The maximum atomic E-state index is 13.2. The second-order valence-electron chi connectivity index (χ2n) is 5.18. The monoisotopic (exact) mass is 306 g/mol. The Bertz CT molecular complexity index is 536. The normalized spacial score (nSPS) is 12.1. The third-order valence-corrected chi connectivity index (χ3v) is 3.12. The first-order valence-corrected chi connectivity index (χ1v) is 6.09. The molecule has 0 aliphatic carbocycles. The predicted octanol–water partition coefficient (Wildman–Crippen LogP) is 3.47. The van der Waals surface area contributed by atoms with Gasteiger partial charge in [-0.2, -0.15) is 13.2 Å². The smallest absolute Gasteiger partial charge is 0.416 e. The zero-order valence-electron chi connectivity index (χ0n) is 12.2. The van der Waals surface area contributed by atoms with Gasteiger partial charge >= 0.3 is 12.1 Å². The number of carboxylic acid groups (broad SMARTS) is 1. The van der Waals surface area contributed by atoms with Crippen LogP contribution in [0.5, 0.6) is 11.5 Å². The van der Waals surface area contributed by atoms with Gasteiger partial charge in [0.25, 0.3) is 0 Å². The lowest BCUT2D eigenvalue weighted by Crippen LogP contribution is -2.27. The first kappa shape index (κ1) is 17.1. The van der Waals surface area contributed by atoms with Crippen LogP contribution in [0.3, 0.4) is 0 Å². The Morgan fingerprint density at radius 1 is 1.19 bits per heavy atom. The lowest BCUT2D eigenvalue weighted by Gasteiger charge is -2.29. The van der Waals surface area contributed by atoms with Crippen LogP contribution in [0.2, 0.25) is 0 Å². The van der Waals surface area contributed by atoms with E-state index in [-0.39, 0.29) is 17.1 Å². The number of ether oxygens (including phenoxy) is 2. The van der Waals surface area contributed by atoms with E-state index in [9.17, 15) is 18.0 Å². The van der Waals surface area contributed by atoms with Crippen molar-refractivity contribution in [2.75, 3.05) is 14.2 Å². The molecule has 4 nitrogen and oxygen atoms in total. The molecule has 0 aliphatic rings. The number of hydrogen-bond acceptors (Lipinski definition) is 3. The molecule has 0 saturated carbocycles. The average molecular weight is 306 g/mol. The first-order chi connectivity index (χ1) is 9.54. The molecule has 1 aromatic carbocycles. The van der Waals surface area contributed by atoms with E-state index in [1.807, 2.05) is 0 Å². The van der Waals surface area contributed by atoms with Crippen LogP contribution in [0.4, 0.5) is 13.2 Å². The SMILES string of the molecule is COc1ccc(C(F)(F)F)c(C(C)(C)CC(=O)O)c1OC. The van der Waals surface area contributed by atoms with Crippen molar-refractivity contribution in [1.82, 2.24) is 0 Å². The number of rotatable bonds is 5. The van der Waals surface area contributed by atoms with Crippen LogP contribution in [0.25, 0.3) is 0 Å². The number of carboxylic acids is 1. The molecule has 7 heteroatoms. The van der Waals surface area contributed by atoms with E-state index >= 15 is 0 Å². The van der Waals surface area contributed by atoms with E-state index in [0.717, 1.165) is 12.1 Å². The van der Waals surface area contributed by atoms with E-state index < -0.39 is 29.5 Å². The number of methoxy groups -OCH3 is 2. The van der Waals surface area contributed by atoms with E-state index in [0.29, 0.717) is 0 Å². The number of aliphatic carboxylic acids is 1. The number of carbonyl (C=O) groups is 1. The van der Waals surface area contributed by atoms with Crippen LogP contribution < -0.4 is 9.47 Å². The molecule has 0 aliphatic heterocycles. The number of benzene rings is 1. The Kier molecular flexibility index (Phi) is 4.76. The van der Waals surface area contributed by atoms with Crippen molar-refractivity contribution in [1.29, 1.82) is 0 Å². The van der Waals surface area contributed by atoms with E-state index in [1.54, 1.807) is 0 Å². The van der Waals surface area contributed by atoms with Crippen molar-refractivity contribution in [2.45, 2.75) is 31.9 Å². The molecule has 1 aromatic rings. The highest BCUT2D eigenvalue weighted by molar-refractivity contribution is 5.70. The summed E-state index contributed by atoms with van der Waals surface area (Å²) in [5.41, 5.74) is -2.43. The summed E-state index contributed by atoms with van der Waals surface area (Å²) in [7, 11) is 2.53. The minimum absolute atomic E-state index is 0.0985. The van der Waals surface area contributed by atoms with Crippen LogP contribution in [0, 0.1) is 0 Å². The lowest BCUT2D eigenvalue weighted by atomic mass is 9.78. The van der Waals surface area contributed by atoms with Crippen molar-refractivity contribution in [2.24, 2.45) is 0 Å². The highest BCUT2D eigenvalue weighted by Crippen LogP contribution is 2.47. The van der Waals surface area contributed by atoms with Gasteiger partial charge in [0.1, 0.15) is 0 Å². The van der Waals surface area contributed by atoms with Gasteiger partial charge in [0, 0.05) is 11.0 Å². The third kappa shape index (κ3) is 3.59. The molecule has 0 heterocycles. The zero-order valence-corrected chi connectivity index (χ0v) is 12.2. The molecule has 0 fully saturated rings. The maximum absolute atomic E-state index is 13.2. The van der Waals surface area contributed by atoms with Gasteiger partial charge in [-0.1, -0.05) is 13.8 Å². The maximum Gasteiger partial charge on any atom is 0.416 e. The fraction of sp³-hybridized carbons (Fsp3) is 0.500. The first-order valence-electron chi connectivity index (χ1n) is 6.09. The van der Waals surface area contributed by atoms with Crippen molar-refractivity contribution >= 4 is 5.97 Å². The summed E-state index contributed by atoms with van der Waals surface area (Å²) >= 11 is 0. The molecule has 21 heavy (non-hydrogen) atoms. The van der Waals surface area contributed by atoms with E-state index in [4.69, 9.17) is 14.6 Å². The van der Waals surface area contributed by atoms with Gasteiger partial charge in [0.15, 0.2) is 11.5 Å². The lowest BCUT2D eigenvalue weighted by molar-refractivity contribution is -0.141. The van der Waals surface area contributed by atoms with Gasteiger partial charge in [-0.05, 0) is 12.1 Å². The van der Waals surface area contributed by atoms with Crippen molar-refractivity contribution < 1.29 is 32.5 Å². The summed E-state index contributed by atoms with van der Waals surface area (Å²) in [5, 5.41) is 8.94. The van der Waals surface area contributed by atoms with Crippen LogP contribution in [0.1, 0.15) is 31.4 Å². The fourth-order valence-corrected chi connectivity index (χ4v) is 2.30. The van der Waals surface area contributed by atoms with E-state index in [2.05, 4.69) is 0 Å². The molecule has 0 bridgehead atoms. The summed E-state index contributed by atoms with van der Waals surface area (Å²) in [6.45, 7) is 2.85. The Labute approximate surface area is 120 Å². The Morgan fingerprint density at radius 2 is 1.76 bits per heavy atom.